The number of amides is 1. The molecular formula is C22H16N6O. The van der Waals surface area contributed by atoms with Crippen LogP contribution in [0.3, 0.4) is 0 Å². The van der Waals surface area contributed by atoms with Gasteiger partial charge < -0.3 is 10.00 Å². The third-order valence-electron chi connectivity index (χ3n) is 5.38. The third kappa shape index (κ3) is 2.59. The molecule has 4 heterocycles. The first-order valence-electron chi connectivity index (χ1n) is 9.42. The summed E-state index contributed by atoms with van der Waals surface area (Å²) in [5.74, 6) is 0.125. The highest BCUT2D eigenvalue weighted by Gasteiger charge is 2.41. The van der Waals surface area contributed by atoms with E-state index in [0.717, 1.165) is 27.7 Å². The van der Waals surface area contributed by atoms with Gasteiger partial charge in [0.1, 0.15) is 0 Å². The van der Waals surface area contributed by atoms with Crippen LogP contribution < -0.4 is 0 Å². The maximum atomic E-state index is 12.9. The van der Waals surface area contributed by atoms with Gasteiger partial charge in [0.05, 0.1) is 28.3 Å². The molecule has 140 valence electrons. The number of nitrogens with one attached hydrogen (secondary N) is 2. The van der Waals surface area contributed by atoms with Crippen LogP contribution in [0.15, 0.2) is 67.0 Å². The van der Waals surface area contributed by atoms with Crippen LogP contribution in [-0.4, -0.2) is 42.5 Å². The molecule has 1 saturated heterocycles. The zero-order valence-corrected chi connectivity index (χ0v) is 15.3. The molecule has 6 rings (SSSR count). The summed E-state index contributed by atoms with van der Waals surface area (Å²) in [5, 5.41) is 7.37. The van der Waals surface area contributed by atoms with Gasteiger partial charge in [-0.25, -0.2) is 9.97 Å². The summed E-state index contributed by atoms with van der Waals surface area (Å²) in [6.07, 6.45) is 3.51. The Labute approximate surface area is 165 Å². The summed E-state index contributed by atoms with van der Waals surface area (Å²) < 4.78 is 0. The average Bonchev–Trinajstić information content (AvgIpc) is 3.30. The molecule has 1 aliphatic rings. The SMILES string of the molecule is O=C(c1nc2cc3[nH][nH]c(-c4ccncc4)c3cc2n1)N1C[C@@H]1c1ccccc1. The summed E-state index contributed by atoms with van der Waals surface area (Å²) in [6.45, 7) is 0.704. The average molecular weight is 380 g/mol. The second-order valence-electron chi connectivity index (χ2n) is 7.18. The van der Waals surface area contributed by atoms with Crippen molar-refractivity contribution in [2.24, 2.45) is 0 Å². The highest BCUT2D eigenvalue weighted by Crippen LogP contribution is 2.36. The molecule has 0 aliphatic carbocycles. The van der Waals surface area contributed by atoms with Gasteiger partial charge in [0.15, 0.2) is 0 Å². The van der Waals surface area contributed by atoms with Crippen LogP contribution >= 0.6 is 0 Å². The first kappa shape index (κ1) is 16.0. The van der Waals surface area contributed by atoms with E-state index in [9.17, 15) is 4.79 Å². The lowest BCUT2D eigenvalue weighted by Crippen LogP contribution is -2.13. The molecule has 0 saturated carbocycles. The molecule has 3 aromatic heterocycles. The number of hydrogen-bond acceptors (Lipinski definition) is 4. The van der Waals surface area contributed by atoms with Crippen molar-refractivity contribution >= 4 is 27.8 Å². The van der Waals surface area contributed by atoms with Crippen LogP contribution in [0.1, 0.15) is 22.2 Å². The Bertz CT molecular complexity index is 1360. The Morgan fingerprint density at radius 1 is 0.966 bits per heavy atom. The van der Waals surface area contributed by atoms with Crippen molar-refractivity contribution in [3.8, 4) is 11.3 Å². The maximum absolute atomic E-state index is 12.9. The summed E-state index contributed by atoms with van der Waals surface area (Å²) in [7, 11) is 0. The van der Waals surface area contributed by atoms with E-state index in [1.165, 1.54) is 0 Å². The van der Waals surface area contributed by atoms with E-state index < -0.39 is 0 Å². The van der Waals surface area contributed by atoms with Gasteiger partial charge in [-0.15, -0.1) is 0 Å². The minimum Gasteiger partial charge on any atom is -0.325 e. The number of imidazole rings is 1. The van der Waals surface area contributed by atoms with E-state index in [1.807, 2.05) is 54.6 Å². The Morgan fingerprint density at radius 2 is 1.72 bits per heavy atom. The quantitative estimate of drug-likeness (QED) is 0.467. The third-order valence-corrected chi connectivity index (χ3v) is 5.38. The molecule has 29 heavy (non-hydrogen) atoms. The fraction of sp³-hybridized carbons (Fsp3) is 0.0909. The van der Waals surface area contributed by atoms with Crippen molar-refractivity contribution in [1.29, 1.82) is 0 Å². The number of hydrogen-bond donors (Lipinski definition) is 2. The molecule has 1 amide bonds. The fourth-order valence-electron chi connectivity index (χ4n) is 3.81. The maximum Gasteiger partial charge on any atom is 0.292 e. The van der Waals surface area contributed by atoms with Gasteiger partial charge >= 0.3 is 0 Å². The Hall–Kier alpha value is -4.00. The van der Waals surface area contributed by atoms with Crippen molar-refractivity contribution in [3.63, 3.8) is 0 Å². The van der Waals surface area contributed by atoms with Crippen LogP contribution in [-0.2, 0) is 0 Å². The number of carbonyl (C=O) groups is 1. The Balaban J connectivity index is 1.36. The van der Waals surface area contributed by atoms with Gasteiger partial charge in [-0.1, -0.05) is 30.3 Å². The summed E-state index contributed by atoms with van der Waals surface area (Å²) >= 11 is 0. The largest absolute Gasteiger partial charge is 0.325 e. The molecule has 0 radical (unpaired) electrons. The van der Waals surface area contributed by atoms with Crippen LogP contribution in [0, 0.1) is 0 Å². The van der Waals surface area contributed by atoms with Gasteiger partial charge in [0, 0.05) is 29.9 Å². The van der Waals surface area contributed by atoms with Crippen LogP contribution in [0.25, 0.3) is 33.2 Å². The van der Waals surface area contributed by atoms with Gasteiger partial charge in [-0.2, -0.15) is 0 Å². The fourth-order valence-corrected chi connectivity index (χ4v) is 3.81. The number of carbonyl (C=O) groups excluding carboxylic acids is 1. The van der Waals surface area contributed by atoms with Crippen molar-refractivity contribution < 1.29 is 4.79 Å². The van der Waals surface area contributed by atoms with E-state index in [-0.39, 0.29) is 17.8 Å². The molecule has 0 spiro atoms. The molecule has 1 fully saturated rings. The number of aromatic nitrogens is 5. The molecular weight excluding hydrogens is 364 g/mol. The monoisotopic (exact) mass is 380 g/mol. The van der Waals surface area contributed by atoms with E-state index in [0.29, 0.717) is 17.6 Å². The van der Waals surface area contributed by atoms with E-state index in [1.54, 1.807) is 17.3 Å². The summed E-state index contributed by atoms with van der Waals surface area (Å²) in [4.78, 5) is 27.7. The molecule has 1 aliphatic heterocycles. The predicted molar refractivity (Wildman–Crippen MR) is 109 cm³/mol. The standard InChI is InChI=1S/C22H16N6O/c29-22(28-12-19(28)13-4-2-1-3-5-13)21-24-17-10-15-16(11-18(17)25-21)26-27-20(15)14-6-8-23-9-7-14/h1-11,19,26-27H,12H2/t19-,28?/m1/s1. The lowest BCUT2D eigenvalue weighted by atomic mass is 10.1. The molecule has 1 atom stereocenters. The highest BCUT2D eigenvalue weighted by molar-refractivity contribution is 6.02. The topological polar surface area (TPSA) is 90.3 Å². The number of nitrogens with zero attached hydrogens (tertiary/aromatic N) is 4. The van der Waals surface area contributed by atoms with Crippen LogP contribution in [0.4, 0.5) is 0 Å². The minimum absolute atomic E-state index is 0.118. The second kappa shape index (κ2) is 6.00. The molecule has 0 bridgehead atoms. The first-order chi connectivity index (χ1) is 14.3. The van der Waals surface area contributed by atoms with E-state index in [4.69, 9.17) is 0 Å². The normalized spacial score (nSPS) is 15.9. The smallest absolute Gasteiger partial charge is 0.292 e. The Morgan fingerprint density at radius 3 is 2.52 bits per heavy atom. The van der Waals surface area contributed by atoms with Crippen molar-refractivity contribution in [1.82, 2.24) is 30.0 Å². The first-order valence-corrected chi connectivity index (χ1v) is 9.42. The van der Waals surface area contributed by atoms with E-state index >= 15 is 0 Å². The van der Waals surface area contributed by atoms with Crippen LogP contribution in [0.2, 0.25) is 0 Å². The van der Waals surface area contributed by atoms with Gasteiger partial charge in [0.2, 0.25) is 5.82 Å². The Kier molecular flexibility index (Phi) is 3.31. The molecule has 5 aromatic rings. The van der Waals surface area contributed by atoms with Gasteiger partial charge in [-0.05, 0) is 29.8 Å². The zero-order valence-electron chi connectivity index (χ0n) is 15.3. The lowest BCUT2D eigenvalue weighted by Gasteiger charge is -2.01. The number of fused-ring (bicyclic) bond motifs is 2. The molecule has 7 heteroatoms. The van der Waals surface area contributed by atoms with Crippen molar-refractivity contribution in [2.45, 2.75) is 6.04 Å². The molecule has 0 unspecified atom stereocenters. The molecule has 2 N–H and O–H groups in total. The number of benzene rings is 2. The molecule has 7 nitrogen and oxygen atoms in total. The number of pyridine rings is 1. The van der Waals surface area contributed by atoms with Crippen molar-refractivity contribution in [2.75, 3.05) is 6.54 Å². The predicted octanol–water partition coefficient (Wildman–Crippen LogP) is 3.70. The van der Waals surface area contributed by atoms with E-state index in [2.05, 4.69) is 25.1 Å². The van der Waals surface area contributed by atoms with Gasteiger partial charge in [0.25, 0.3) is 5.91 Å². The minimum atomic E-state index is -0.125. The number of rotatable bonds is 3. The number of aromatic amines is 2. The lowest BCUT2D eigenvalue weighted by molar-refractivity contribution is 0.0864. The van der Waals surface area contributed by atoms with Crippen LogP contribution in [0.5, 0.6) is 0 Å². The van der Waals surface area contributed by atoms with Crippen molar-refractivity contribution in [3.05, 3.63) is 78.4 Å². The molecule has 2 aromatic carbocycles. The second-order valence-corrected chi connectivity index (χ2v) is 7.18. The zero-order chi connectivity index (χ0) is 19.4. The summed E-state index contributed by atoms with van der Waals surface area (Å²) in [5.41, 5.74) is 5.45. The number of H-pyrrole nitrogens is 2. The highest BCUT2D eigenvalue weighted by atomic mass is 16.2. The van der Waals surface area contributed by atoms with Gasteiger partial charge in [-0.3, -0.25) is 14.9 Å². The summed E-state index contributed by atoms with van der Waals surface area (Å²) in [6, 6.07) is 17.9.